The largest absolute Gasteiger partial charge is 0.352 e. The van der Waals surface area contributed by atoms with Crippen LogP contribution >= 0.6 is 11.6 Å². The number of aromatic nitrogens is 4. The molecular weight excluding hydrogens is 314 g/mol. The van der Waals surface area contributed by atoms with E-state index in [-0.39, 0.29) is 12.3 Å². The predicted molar refractivity (Wildman–Crippen MR) is 87.3 cm³/mol. The van der Waals surface area contributed by atoms with Gasteiger partial charge in [0.05, 0.1) is 6.42 Å². The first-order valence-corrected chi connectivity index (χ1v) is 7.60. The van der Waals surface area contributed by atoms with Crippen LogP contribution in [0.5, 0.6) is 0 Å². The lowest BCUT2D eigenvalue weighted by atomic mass is 10.1. The van der Waals surface area contributed by atoms with E-state index in [1.54, 1.807) is 10.6 Å². The van der Waals surface area contributed by atoms with Crippen LogP contribution in [-0.4, -0.2) is 25.5 Å². The molecule has 0 aliphatic carbocycles. The maximum atomic E-state index is 12.2. The van der Waals surface area contributed by atoms with Gasteiger partial charge in [-0.05, 0) is 25.5 Å². The van der Waals surface area contributed by atoms with E-state index >= 15 is 0 Å². The van der Waals surface area contributed by atoms with Crippen molar-refractivity contribution in [2.24, 2.45) is 0 Å². The highest BCUT2D eigenvalue weighted by molar-refractivity contribution is 6.31. The maximum Gasteiger partial charge on any atom is 0.252 e. The SMILES string of the molecule is Cc1nc2ncnn2c(C)c1CC(=O)NCc1ccccc1Cl. The minimum Gasteiger partial charge on any atom is -0.352 e. The van der Waals surface area contributed by atoms with E-state index in [0.717, 1.165) is 22.5 Å². The maximum absolute atomic E-state index is 12.2. The summed E-state index contributed by atoms with van der Waals surface area (Å²) in [7, 11) is 0. The molecule has 2 heterocycles. The first-order valence-electron chi connectivity index (χ1n) is 7.22. The monoisotopic (exact) mass is 329 g/mol. The number of benzene rings is 1. The van der Waals surface area contributed by atoms with Gasteiger partial charge >= 0.3 is 0 Å². The number of carbonyl (C=O) groups is 1. The third-order valence-corrected chi connectivity index (χ3v) is 4.13. The van der Waals surface area contributed by atoms with Gasteiger partial charge in [0, 0.05) is 28.5 Å². The zero-order valence-corrected chi connectivity index (χ0v) is 13.6. The van der Waals surface area contributed by atoms with Gasteiger partial charge in [-0.15, -0.1) is 0 Å². The minimum absolute atomic E-state index is 0.0858. The second-order valence-electron chi connectivity index (χ2n) is 5.28. The Morgan fingerprint density at radius 3 is 2.87 bits per heavy atom. The number of fused-ring (bicyclic) bond motifs is 1. The van der Waals surface area contributed by atoms with Gasteiger partial charge in [0.2, 0.25) is 5.91 Å². The molecule has 1 amide bonds. The second kappa shape index (κ2) is 6.34. The van der Waals surface area contributed by atoms with Gasteiger partial charge in [0.15, 0.2) is 0 Å². The highest BCUT2D eigenvalue weighted by Gasteiger charge is 2.14. The van der Waals surface area contributed by atoms with Crippen molar-refractivity contribution in [1.29, 1.82) is 0 Å². The molecule has 0 spiro atoms. The average Bonchev–Trinajstić information content (AvgIpc) is 2.99. The Bertz CT molecular complexity index is 874. The number of hydrogen-bond donors (Lipinski definition) is 1. The molecule has 0 fully saturated rings. The second-order valence-corrected chi connectivity index (χ2v) is 5.69. The van der Waals surface area contributed by atoms with Crippen molar-refractivity contribution in [2.45, 2.75) is 26.8 Å². The molecule has 23 heavy (non-hydrogen) atoms. The quantitative estimate of drug-likeness (QED) is 0.797. The topological polar surface area (TPSA) is 72.2 Å². The Morgan fingerprint density at radius 1 is 1.30 bits per heavy atom. The number of carbonyl (C=O) groups excluding carboxylic acids is 1. The zero-order valence-electron chi connectivity index (χ0n) is 12.9. The summed E-state index contributed by atoms with van der Waals surface area (Å²) >= 11 is 6.09. The van der Waals surface area contributed by atoms with Crippen LogP contribution in [0.2, 0.25) is 5.02 Å². The van der Waals surface area contributed by atoms with Gasteiger partial charge in [-0.25, -0.2) is 9.50 Å². The van der Waals surface area contributed by atoms with Crippen LogP contribution in [0.1, 0.15) is 22.5 Å². The number of aryl methyl sites for hydroxylation is 2. The Morgan fingerprint density at radius 2 is 2.09 bits per heavy atom. The number of halogens is 1. The first-order chi connectivity index (χ1) is 11.1. The van der Waals surface area contributed by atoms with Gasteiger partial charge in [-0.3, -0.25) is 4.79 Å². The number of nitrogens with one attached hydrogen (secondary N) is 1. The van der Waals surface area contributed by atoms with Crippen molar-refractivity contribution in [3.8, 4) is 0 Å². The number of rotatable bonds is 4. The number of amides is 1. The molecule has 0 radical (unpaired) electrons. The molecular formula is C16H16ClN5O. The van der Waals surface area contributed by atoms with E-state index in [2.05, 4.69) is 20.4 Å². The van der Waals surface area contributed by atoms with Crippen molar-refractivity contribution < 1.29 is 4.79 Å². The van der Waals surface area contributed by atoms with Gasteiger partial charge in [0.1, 0.15) is 6.33 Å². The van der Waals surface area contributed by atoms with Crippen LogP contribution in [0.4, 0.5) is 0 Å². The molecule has 3 aromatic rings. The van der Waals surface area contributed by atoms with Crippen LogP contribution in [0.3, 0.4) is 0 Å². The predicted octanol–water partition coefficient (Wildman–Crippen LogP) is 2.25. The van der Waals surface area contributed by atoms with Crippen molar-refractivity contribution >= 4 is 23.3 Å². The van der Waals surface area contributed by atoms with Gasteiger partial charge in [-0.2, -0.15) is 10.1 Å². The fraction of sp³-hybridized carbons (Fsp3) is 0.250. The van der Waals surface area contributed by atoms with Crippen LogP contribution in [0.25, 0.3) is 5.78 Å². The number of hydrogen-bond acceptors (Lipinski definition) is 4. The van der Waals surface area contributed by atoms with E-state index in [1.165, 1.54) is 6.33 Å². The highest BCUT2D eigenvalue weighted by Crippen LogP contribution is 2.15. The summed E-state index contributed by atoms with van der Waals surface area (Å²) in [6, 6.07) is 7.45. The normalized spacial score (nSPS) is 10.9. The molecule has 0 atom stereocenters. The molecule has 0 unspecified atom stereocenters. The summed E-state index contributed by atoms with van der Waals surface area (Å²) < 4.78 is 1.64. The molecule has 6 nitrogen and oxygen atoms in total. The lowest BCUT2D eigenvalue weighted by Gasteiger charge is -2.11. The average molecular weight is 330 g/mol. The van der Waals surface area contributed by atoms with Gasteiger partial charge < -0.3 is 5.32 Å². The summed E-state index contributed by atoms with van der Waals surface area (Å²) in [5.41, 5.74) is 3.41. The smallest absolute Gasteiger partial charge is 0.252 e. The van der Waals surface area contributed by atoms with E-state index in [0.29, 0.717) is 17.3 Å². The molecule has 1 aromatic carbocycles. The number of nitrogens with zero attached hydrogens (tertiary/aromatic N) is 4. The summed E-state index contributed by atoms with van der Waals surface area (Å²) in [6.45, 7) is 4.18. The van der Waals surface area contributed by atoms with Crippen molar-refractivity contribution in [2.75, 3.05) is 0 Å². The van der Waals surface area contributed by atoms with Crippen LogP contribution < -0.4 is 5.32 Å². The van der Waals surface area contributed by atoms with Gasteiger partial charge in [0.25, 0.3) is 5.78 Å². The molecule has 0 aliphatic heterocycles. The fourth-order valence-corrected chi connectivity index (χ4v) is 2.67. The van der Waals surface area contributed by atoms with E-state index in [4.69, 9.17) is 11.6 Å². The summed E-state index contributed by atoms with van der Waals surface area (Å²) in [5, 5.41) is 7.66. The van der Waals surface area contributed by atoms with Crippen molar-refractivity contribution in [1.82, 2.24) is 24.9 Å². The molecule has 2 aromatic heterocycles. The lowest BCUT2D eigenvalue weighted by Crippen LogP contribution is -2.26. The fourth-order valence-electron chi connectivity index (χ4n) is 2.47. The van der Waals surface area contributed by atoms with Crippen LogP contribution in [0.15, 0.2) is 30.6 Å². The molecule has 0 saturated heterocycles. The Labute approximate surface area is 138 Å². The third kappa shape index (κ3) is 3.17. The van der Waals surface area contributed by atoms with E-state index in [9.17, 15) is 4.79 Å². The minimum atomic E-state index is -0.0858. The van der Waals surface area contributed by atoms with Crippen LogP contribution in [0, 0.1) is 13.8 Å². The lowest BCUT2D eigenvalue weighted by molar-refractivity contribution is -0.120. The molecule has 3 rings (SSSR count). The van der Waals surface area contributed by atoms with E-state index in [1.807, 2.05) is 32.0 Å². The van der Waals surface area contributed by atoms with E-state index < -0.39 is 0 Å². The zero-order chi connectivity index (χ0) is 16.4. The molecule has 0 bridgehead atoms. The molecule has 7 heteroatoms. The third-order valence-electron chi connectivity index (χ3n) is 3.76. The van der Waals surface area contributed by atoms with Gasteiger partial charge in [-0.1, -0.05) is 29.8 Å². The Balaban J connectivity index is 1.74. The standard InChI is InChI=1S/C16H16ClN5O/c1-10-13(11(2)22-16(21-10)19-9-20-22)7-15(23)18-8-12-5-3-4-6-14(12)17/h3-6,9H,7-8H2,1-2H3,(H,18,23). The molecule has 1 N–H and O–H groups in total. The molecule has 0 saturated carbocycles. The summed E-state index contributed by atoms with van der Waals surface area (Å²) in [5.74, 6) is 0.456. The summed E-state index contributed by atoms with van der Waals surface area (Å²) in [6.07, 6.45) is 1.70. The van der Waals surface area contributed by atoms with Crippen molar-refractivity contribution in [3.05, 3.63) is 58.1 Å². The van der Waals surface area contributed by atoms with Crippen LogP contribution in [-0.2, 0) is 17.8 Å². The summed E-state index contributed by atoms with van der Waals surface area (Å²) in [4.78, 5) is 20.7. The highest BCUT2D eigenvalue weighted by atomic mass is 35.5. The Hall–Kier alpha value is -2.47. The molecule has 0 aliphatic rings. The first kappa shape index (κ1) is 15.4. The molecule has 118 valence electrons. The van der Waals surface area contributed by atoms with Crippen molar-refractivity contribution in [3.63, 3.8) is 0 Å². The Kier molecular flexibility index (Phi) is 4.25.